The van der Waals surface area contributed by atoms with Gasteiger partial charge in [-0.1, -0.05) is 26.7 Å². The predicted molar refractivity (Wildman–Crippen MR) is 85.6 cm³/mol. The van der Waals surface area contributed by atoms with Gasteiger partial charge in [-0.3, -0.25) is 0 Å². The van der Waals surface area contributed by atoms with Crippen molar-refractivity contribution in [1.82, 2.24) is 0 Å². The van der Waals surface area contributed by atoms with Gasteiger partial charge in [-0.05, 0) is 50.4 Å². The summed E-state index contributed by atoms with van der Waals surface area (Å²) in [6.45, 7) is 8.25. The molecule has 0 aliphatic carbocycles. The molecule has 3 heteroatoms. The van der Waals surface area contributed by atoms with Gasteiger partial charge in [0, 0.05) is 26.4 Å². The number of hydrogen-bond donors (Lipinski definition) is 0. The van der Waals surface area contributed by atoms with E-state index in [1.165, 1.54) is 38.5 Å². The van der Waals surface area contributed by atoms with Crippen LogP contribution in [0.1, 0.15) is 65.2 Å². The van der Waals surface area contributed by atoms with Gasteiger partial charge in [0.25, 0.3) is 0 Å². The average molecular weight is 298 g/mol. The van der Waals surface area contributed by atoms with Crippen LogP contribution in [0, 0.1) is 11.8 Å². The molecule has 4 atom stereocenters. The molecule has 2 aliphatic heterocycles. The third-order valence-electron chi connectivity index (χ3n) is 5.11. The van der Waals surface area contributed by atoms with Crippen LogP contribution in [-0.2, 0) is 14.2 Å². The summed E-state index contributed by atoms with van der Waals surface area (Å²) in [7, 11) is 0. The zero-order valence-electron chi connectivity index (χ0n) is 14.0. The Kier molecular flexibility index (Phi) is 8.05. The molecule has 0 radical (unpaired) electrons. The van der Waals surface area contributed by atoms with E-state index in [9.17, 15) is 0 Å². The lowest BCUT2D eigenvalue weighted by molar-refractivity contribution is -0.0977. The highest BCUT2D eigenvalue weighted by Gasteiger charge is 2.28. The molecule has 0 N–H and O–H groups in total. The summed E-state index contributed by atoms with van der Waals surface area (Å²) in [6.07, 6.45) is 10.9. The molecule has 2 aliphatic rings. The van der Waals surface area contributed by atoms with E-state index in [-0.39, 0.29) is 0 Å². The maximum atomic E-state index is 5.91. The number of hydrogen-bond acceptors (Lipinski definition) is 3. The van der Waals surface area contributed by atoms with Gasteiger partial charge in [0.2, 0.25) is 0 Å². The van der Waals surface area contributed by atoms with Crippen molar-refractivity contribution >= 4 is 0 Å². The van der Waals surface area contributed by atoms with Crippen LogP contribution in [0.5, 0.6) is 0 Å². The van der Waals surface area contributed by atoms with Crippen molar-refractivity contribution in [2.45, 2.75) is 77.4 Å². The third-order valence-corrected chi connectivity index (χ3v) is 5.11. The zero-order chi connectivity index (χ0) is 14.9. The first-order chi connectivity index (χ1) is 10.3. The van der Waals surface area contributed by atoms with Crippen LogP contribution in [-0.4, -0.2) is 38.6 Å². The van der Waals surface area contributed by atoms with Crippen molar-refractivity contribution < 1.29 is 14.2 Å². The molecule has 21 heavy (non-hydrogen) atoms. The molecule has 2 heterocycles. The maximum Gasteiger partial charge on any atom is 0.0626 e. The Balaban J connectivity index is 1.55. The third kappa shape index (κ3) is 5.54. The van der Waals surface area contributed by atoms with E-state index in [1.807, 2.05) is 0 Å². The van der Waals surface area contributed by atoms with E-state index in [4.69, 9.17) is 14.2 Å². The lowest BCUT2D eigenvalue weighted by atomic mass is 9.89. The maximum absolute atomic E-state index is 5.91. The Morgan fingerprint density at radius 1 is 0.810 bits per heavy atom. The summed E-state index contributed by atoms with van der Waals surface area (Å²) in [6, 6.07) is 0. The summed E-state index contributed by atoms with van der Waals surface area (Å²) < 4.78 is 17.2. The van der Waals surface area contributed by atoms with Crippen molar-refractivity contribution in [2.24, 2.45) is 11.8 Å². The molecule has 0 amide bonds. The Morgan fingerprint density at radius 3 is 1.52 bits per heavy atom. The predicted octanol–water partition coefficient (Wildman–Crippen LogP) is 4.19. The van der Waals surface area contributed by atoms with E-state index in [0.29, 0.717) is 24.0 Å². The molecule has 0 aromatic rings. The van der Waals surface area contributed by atoms with Crippen LogP contribution in [0.4, 0.5) is 0 Å². The van der Waals surface area contributed by atoms with Gasteiger partial charge in [0.05, 0.1) is 12.2 Å². The molecule has 0 aromatic heterocycles. The van der Waals surface area contributed by atoms with E-state index in [2.05, 4.69) is 13.8 Å². The minimum absolute atomic E-state index is 0.518. The van der Waals surface area contributed by atoms with Crippen molar-refractivity contribution in [3.63, 3.8) is 0 Å². The summed E-state index contributed by atoms with van der Waals surface area (Å²) >= 11 is 0. The Bertz CT molecular complexity index is 235. The second-order valence-corrected chi connectivity index (χ2v) is 6.68. The standard InChI is InChI=1S/C18H34O3/c1-3-5-15(17-9-13-20-17)7-11-19-12-8-16(6-4-2)18-10-14-21-18/h15-18H,3-14H2,1-2H3. The van der Waals surface area contributed by atoms with Crippen LogP contribution < -0.4 is 0 Å². The second-order valence-electron chi connectivity index (χ2n) is 6.68. The molecule has 124 valence electrons. The molecule has 2 fully saturated rings. The van der Waals surface area contributed by atoms with Crippen molar-refractivity contribution in [2.75, 3.05) is 26.4 Å². The van der Waals surface area contributed by atoms with Crippen molar-refractivity contribution in [3.8, 4) is 0 Å². The molecule has 4 unspecified atom stereocenters. The Labute approximate surface area is 130 Å². The summed E-state index contributed by atoms with van der Waals surface area (Å²) in [5.41, 5.74) is 0. The lowest BCUT2D eigenvalue weighted by Gasteiger charge is -2.35. The van der Waals surface area contributed by atoms with E-state index < -0.39 is 0 Å². The van der Waals surface area contributed by atoms with E-state index >= 15 is 0 Å². The largest absolute Gasteiger partial charge is 0.381 e. The molecule has 0 aromatic carbocycles. The summed E-state index contributed by atoms with van der Waals surface area (Å²) in [5, 5.41) is 0. The monoisotopic (exact) mass is 298 g/mol. The van der Waals surface area contributed by atoms with Gasteiger partial charge in [-0.2, -0.15) is 0 Å². The van der Waals surface area contributed by atoms with Gasteiger partial charge in [-0.15, -0.1) is 0 Å². The zero-order valence-corrected chi connectivity index (χ0v) is 14.0. The molecule has 0 spiro atoms. The Hall–Kier alpha value is -0.120. The first-order valence-electron chi connectivity index (χ1n) is 9.16. The molecular formula is C18H34O3. The van der Waals surface area contributed by atoms with Gasteiger partial charge < -0.3 is 14.2 Å². The highest BCUT2D eigenvalue weighted by molar-refractivity contribution is 4.77. The fourth-order valence-corrected chi connectivity index (χ4v) is 3.60. The van der Waals surface area contributed by atoms with Crippen molar-refractivity contribution in [3.05, 3.63) is 0 Å². The quantitative estimate of drug-likeness (QED) is 0.506. The molecule has 0 bridgehead atoms. The van der Waals surface area contributed by atoms with Crippen LogP contribution in [0.3, 0.4) is 0 Å². The SMILES string of the molecule is CCCC(CCOCCC(CCC)C1CCO1)C1CCO1. The molecule has 0 saturated carbocycles. The molecule has 2 saturated heterocycles. The fraction of sp³-hybridized carbons (Fsp3) is 1.00. The van der Waals surface area contributed by atoms with E-state index in [1.54, 1.807) is 0 Å². The van der Waals surface area contributed by atoms with Crippen LogP contribution in [0.2, 0.25) is 0 Å². The first kappa shape index (κ1) is 17.2. The normalized spacial score (nSPS) is 27.7. The second kappa shape index (κ2) is 9.81. The number of ether oxygens (including phenoxy) is 3. The van der Waals surface area contributed by atoms with Gasteiger partial charge >= 0.3 is 0 Å². The summed E-state index contributed by atoms with van der Waals surface area (Å²) in [4.78, 5) is 0. The smallest absolute Gasteiger partial charge is 0.0626 e. The van der Waals surface area contributed by atoms with Crippen LogP contribution in [0.25, 0.3) is 0 Å². The Morgan fingerprint density at radius 2 is 1.24 bits per heavy atom. The fourth-order valence-electron chi connectivity index (χ4n) is 3.60. The molecular weight excluding hydrogens is 264 g/mol. The van der Waals surface area contributed by atoms with Crippen LogP contribution in [0.15, 0.2) is 0 Å². The first-order valence-corrected chi connectivity index (χ1v) is 9.16. The van der Waals surface area contributed by atoms with Gasteiger partial charge in [0.1, 0.15) is 0 Å². The number of rotatable bonds is 12. The minimum atomic E-state index is 0.518. The topological polar surface area (TPSA) is 27.7 Å². The van der Waals surface area contributed by atoms with Crippen molar-refractivity contribution in [1.29, 1.82) is 0 Å². The molecule has 2 rings (SSSR count). The van der Waals surface area contributed by atoms with E-state index in [0.717, 1.165) is 39.3 Å². The minimum Gasteiger partial charge on any atom is -0.381 e. The lowest BCUT2D eigenvalue weighted by Crippen LogP contribution is -2.35. The van der Waals surface area contributed by atoms with Crippen LogP contribution >= 0.6 is 0 Å². The molecule has 3 nitrogen and oxygen atoms in total. The average Bonchev–Trinajstić information content (AvgIpc) is 2.34. The van der Waals surface area contributed by atoms with Gasteiger partial charge in [0.15, 0.2) is 0 Å². The highest BCUT2D eigenvalue weighted by atomic mass is 16.5. The highest BCUT2D eigenvalue weighted by Crippen LogP contribution is 2.28. The summed E-state index contributed by atoms with van der Waals surface area (Å²) in [5.74, 6) is 1.43. The van der Waals surface area contributed by atoms with Gasteiger partial charge in [-0.25, -0.2) is 0 Å².